The summed E-state index contributed by atoms with van der Waals surface area (Å²) in [4.78, 5) is 2.38. The predicted molar refractivity (Wildman–Crippen MR) is 92.3 cm³/mol. The second-order valence-electron chi connectivity index (χ2n) is 6.92. The monoisotopic (exact) mass is 299 g/mol. The van der Waals surface area contributed by atoms with Gasteiger partial charge < -0.3 is 4.74 Å². The maximum Gasteiger partial charge on any atom is 0.122 e. The third kappa shape index (κ3) is 4.36. The molecule has 2 aliphatic rings. The van der Waals surface area contributed by atoms with Gasteiger partial charge in [-0.05, 0) is 55.8 Å². The lowest BCUT2D eigenvalue weighted by Crippen LogP contribution is -2.18. The fourth-order valence-electron chi connectivity index (χ4n) is 3.62. The minimum Gasteiger partial charge on any atom is -0.493 e. The normalized spacial score (nSPS) is 19.4. The summed E-state index contributed by atoms with van der Waals surface area (Å²) in [5.41, 5.74) is 2.73. The van der Waals surface area contributed by atoms with Gasteiger partial charge in [0.2, 0.25) is 0 Å². The van der Waals surface area contributed by atoms with Crippen LogP contribution in [0, 0.1) is 5.92 Å². The van der Waals surface area contributed by atoms with E-state index in [2.05, 4.69) is 42.3 Å². The summed E-state index contributed by atoms with van der Waals surface area (Å²) in [6, 6.07) is 6.74. The van der Waals surface area contributed by atoms with Crippen LogP contribution in [0.15, 0.2) is 30.4 Å². The fraction of sp³-hybridized carbons (Fsp3) is 0.600. The number of rotatable bonds is 5. The van der Waals surface area contributed by atoms with Gasteiger partial charge in [-0.1, -0.05) is 43.5 Å². The molecule has 0 unspecified atom stereocenters. The second-order valence-corrected chi connectivity index (χ2v) is 6.92. The van der Waals surface area contributed by atoms with Crippen LogP contribution < -0.4 is 4.74 Å². The molecule has 0 aromatic heterocycles. The Morgan fingerprint density at radius 1 is 1.18 bits per heavy atom. The van der Waals surface area contributed by atoms with Gasteiger partial charge in [0, 0.05) is 13.1 Å². The Balaban J connectivity index is 1.48. The fourth-order valence-corrected chi connectivity index (χ4v) is 3.62. The summed E-state index contributed by atoms with van der Waals surface area (Å²) in [6.07, 6.45) is 14.2. The molecular formula is C20H29NO. The Morgan fingerprint density at radius 3 is 2.91 bits per heavy atom. The van der Waals surface area contributed by atoms with E-state index in [4.69, 9.17) is 4.74 Å². The van der Waals surface area contributed by atoms with Gasteiger partial charge in [0.1, 0.15) is 5.75 Å². The van der Waals surface area contributed by atoms with Crippen LogP contribution in [0.2, 0.25) is 0 Å². The first-order valence-corrected chi connectivity index (χ1v) is 8.91. The van der Waals surface area contributed by atoms with E-state index in [0.29, 0.717) is 0 Å². The number of nitrogens with zero attached hydrogens (tertiary/aromatic N) is 1. The van der Waals surface area contributed by atoms with Crippen LogP contribution >= 0.6 is 0 Å². The zero-order valence-electron chi connectivity index (χ0n) is 13.9. The molecule has 0 bridgehead atoms. The molecule has 0 N–H and O–H groups in total. The smallest absolute Gasteiger partial charge is 0.122 e. The predicted octanol–water partition coefficient (Wildman–Crippen LogP) is 4.58. The highest BCUT2D eigenvalue weighted by Crippen LogP contribution is 2.26. The minimum atomic E-state index is 0.833. The van der Waals surface area contributed by atoms with Crippen molar-refractivity contribution < 1.29 is 4.74 Å². The maximum absolute atomic E-state index is 5.77. The molecule has 22 heavy (non-hydrogen) atoms. The van der Waals surface area contributed by atoms with Crippen molar-refractivity contribution in [3.8, 4) is 5.75 Å². The van der Waals surface area contributed by atoms with Gasteiger partial charge in [-0.25, -0.2) is 0 Å². The molecule has 1 fully saturated rings. The minimum absolute atomic E-state index is 0.833. The van der Waals surface area contributed by atoms with Crippen LogP contribution in [0.1, 0.15) is 49.7 Å². The lowest BCUT2D eigenvalue weighted by molar-refractivity contribution is 0.287. The zero-order valence-corrected chi connectivity index (χ0v) is 13.9. The third-order valence-corrected chi connectivity index (χ3v) is 4.91. The summed E-state index contributed by atoms with van der Waals surface area (Å²) < 4.78 is 5.77. The molecule has 3 rings (SSSR count). The Labute approximate surface area is 135 Å². The summed E-state index contributed by atoms with van der Waals surface area (Å²) in [7, 11) is 2.20. The second kappa shape index (κ2) is 7.82. The summed E-state index contributed by atoms with van der Waals surface area (Å²) in [5.74, 6) is 1.94. The molecule has 1 aromatic rings. The first-order valence-electron chi connectivity index (χ1n) is 8.91. The Bertz CT molecular complexity index is 502. The molecule has 0 atom stereocenters. The molecular weight excluding hydrogens is 270 g/mol. The van der Waals surface area contributed by atoms with Crippen molar-refractivity contribution in [2.45, 2.75) is 51.5 Å². The van der Waals surface area contributed by atoms with Gasteiger partial charge in [-0.15, -0.1) is 0 Å². The van der Waals surface area contributed by atoms with Gasteiger partial charge in [-0.2, -0.15) is 0 Å². The van der Waals surface area contributed by atoms with Crippen LogP contribution in [0.4, 0.5) is 0 Å². The van der Waals surface area contributed by atoms with Gasteiger partial charge in [-0.3, -0.25) is 4.90 Å². The number of ether oxygens (including phenoxy) is 1. The van der Waals surface area contributed by atoms with Crippen molar-refractivity contribution >= 4 is 0 Å². The largest absolute Gasteiger partial charge is 0.493 e. The van der Waals surface area contributed by atoms with Crippen LogP contribution in [0.25, 0.3) is 0 Å². The number of allylic oxidation sites excluding steroid dienone is 1. The van der Waals surface area contributed by atoms with Gasteiger partial charge in [0.05, 0.1) is 6.61 Å². The molecule has 2 heteroatoms. The molecule has 1 saturated carbocycles. The van der Waals surface area contributed by atoms with Crippen molar-refractivity contribution in [3.63, 3.8) is 0 Å². The van der Waals surface area contributed by atoms with Crippen LogP contribution in [0.5, 0.6) is 5.75 Å². The number of hydrogen-bond acceptors (Lipinski definition) is 2. The molecule has 0 radical (unpaired) electrons. The van der Waals surface area contributed by atoms with E-state index in [0.717, 1.165) is 44.2 Å². The van der Waals surface area contributed by atoms with Crippen molar-refractivity contribution in [2.75, 3.05) is 20.2 Å². The highest BCUT2D eigenvalue weighted by atomic mass is 16.5. The summed E-state index contributed by atoms with van der Waals surface area (Å²) in [6.45, 7) is 2.90. The number of benzene rings is 1. The molecule has 0 spiro atoms. The summed E-state index contributed by atoms with van der Waals surface area (Å²) >= 11 is 0. The number of fused-ring (bicyclic) bond motifs is 1. The van der Waals surface area contributed by atoms with E-state index >= 15 is 0 Å². The first-order chi connectivity index (χ1) is 10.8. The zero-order chi connectivity index (χ0) is 15.2. The van der Waals surface area contributed by atoms with E-state index in [1.54, 1.807) is 0 Å². The van der Waals surface area contributed by atoms with E-state index < -0.39 is 0 Å². The Kier molecular flexibility index (Phi) is 5.55. The maximum atomic E-state index is 5.77. The van der Waals surface area contributed by atoms with Crippen molar-refractivity contribution in [1.29, 1.82) is 0 Å². The quantitative estimate of drug-likeness (QED) is 0.738. The first kappa shape index (κ1) is 15.6. The third-order valence-electron chi connectivity index (χ3n) is 4.91. The molecule has 1 aliphatic heterocycles. The molecule has 0 amide bonds. The molecule has 2 nitrogen and oxygen atoms in total. The van der Waals surface area contributed by atoms with Gasteiger partial charge >= 0.3 is 0 Å². The van der Waals surface area contributed by atoms with Gasteiger partial charge in [0.25, 0.3) is 0 Å². The highest BCUT2D eigenvalue weighted by molar-refractivity contribution is 5.38. The van der Waals surface area contributed by atoms with Crippen LogP contribution in [-0.2, 0) is 13.0 Å². The molecule has 0 saturated heterocycles. The topological polar surface area (TPSA) is 12.5 Å². The molecule has 120 valence electrons. The average molecular weight is 299 g/mol. The van der Waals surface area contributed by atoms with Gasteiger partial charge in [0.15, 0.2) is 0 Å². The lowest BCUT2D eigenvalue weighted by atomic mass is 9.89. The lowest BCUT2D eigenvalue weighted by Gasteiger charge is -2.20. The van der Waals surface area contributed by atoms with Crippen LogP contribution in [0.3, 0.4) is 0 Å². The number of aryl methyl sites for hydroxylation is 1. The summed E-state index contributed by atoms with van der Waals surface area (Å²) in [5, 5.41) is 0. The SMILES string of the molecule is CN(C/C=C/C1CCCCC1)Cc1ccc2c(c1)OCCC2. The Hall–Kier alpha value is -1.28. The van der Waals surface area contributed by atoms with Crippen LogP contribution in [-0.4, -0.2) is 25.1 Å². The average Bonchev–Trinajstić information content (AvgIpc) is 2.56. The van der Waals surface area contributed by atoms with E-state index in [-0.39, 0.29) is 0 Å². The standard InChI is InChI=1S/C20H29NO/c1-21(13-5-9-17-7-3-2-4-8-17)16-18-11-12-19-10-6-14-22-20(19)15-18/h5,9,11-12,15,17H,2-4,6-8,10,13-14,16H2,1H3/b9-5+. The van der Waals surface area contributed by atoms with Crippen molar-refractivity contribution in [1.82, 2.24) is 4.90 Å². The van der Waals surface area contributed by atoms with E-state index in [1.807, 2.05) is 0 Å². The number of likely N-dealkylation sites (N-methyl/N-ethyl adjacent to an activating group) is 1. The van der Waals surface area contributed by atoms with Crippen molar-refractivity contribution in [2.24, 2.45) is 5.92 Å². The molecule has 1 aliphatic carbocycles. The molecule has 1 heterocycles. The number of hydrogen-bond donors (Lipinski definition) is 0. The van der Waals surface area contributed by atoms with Crippen molar-refractivity contribution in [3.05, 3.63) is 41.5 Å². The molecule has 1 aromatic carbocycles. The van der Waals surface area contributed by atoms with E-state index in [1.165, 1.54) is 43.2 Å². The highest BCUT2D eigenvalue weighted by Gasteiger charge is 2.12. The Morgan fingerprint density at radius 2 is 2.05 bits per heavy atom. The van der Waals surface area contributed by atoms with E-state index in [9.17, 15) is 0 Å².